The lowest BCUT2D eigenvalue weighted by Gasteiger charge is -2.11. The van der Waals surface area contributed by atoms with Crippen LogP contribution in [0.3, 0.4) is 0 Å². The number of phenols is 4. The highest BCUT2D eigenvalue weighted by Crippen LogP contribution is 2.31. The van der Waals surface area contributed by atoms with E-state index in [0.29, 0.717) is 30.8 Å². The standard InChI is InChI=1S/C28H26O5/c29-23-10-8-19(9-11-23)4-6-21-13-25(31)17-27(15-21)33-28-16-22(14-26(32)18-28)7-5-20-2-1-3-24(30)12-20/h1-3,8-18,29-32H,4-7H2. The Hall–Kier alpha value is -4.12. The van der Waals surface area contributed by atoms with Gasteiger partial charge in [-0.25, -0.2) is 0 Å². The predicted molar refractivity (Wildman–Crippen MR) is 127 cm³/mol. The lowest BCUT2D eigenvalue weighted by Crippen LogP contribution is -1.94. The number of aryl methyl sites for hydroxylation is 4. The van der Waals surface area contributed by atoms with Crippen molar-refractivity contribution >= 4 is 0 Å². The van der Waals surface area contributed by atoms with E-state index in [1.165, 1.54) is 6.07 Å². The Labute approximate surface area is 192 Å². The number of rotatable bonds is 8. The fourth-order valence-electron chi connectivity index (χ4n) is 3.78. The summed E-state index contributed by atoms with van der Waals surface area (Å²) < 4.78 is 5.97. The molecule has 0 aliphatic carbocycles. The number of benzene rings is 4. The van der Waals surface area contributed by atoms with Crippen LogP contribution in [0.25, 0.3) is 0 Å². The van der Waals surface area contributed by atoms with E-state index in [2.05, 4.69) is 0 Å². The largest absolute Gasteiger partial charge is 0.508 e. The second-order valence-corrected chi connectivity index (χ2v) is 8.11. The van der Waals surface area contributed by atoms with Crippen molar-refractivity contribution in [2.45, 2.75) is 25.7 Å². The molecule has 0 unspecified atom stereocenters. The summed E-state index contributed by atoms with van der Waals surface area (Å²) in [6.45, 7) is 0. The van der Waals surface area contributed by atoms with Crippen LogP contribution in [0.2, 0.25) is 0 Å². The summed E-state index contributed by atoms with van der Waals surface area (Å²) in [5.74, 6) is 1.65. The van der Waals surface area contributed by atoms with Gasteiger partial charge in [-0.05, 0) is 96.5 Å². The molecule has 0 aromatic heterocycles. The van der Waals surface area contributed by atoms with Crippen LogP contribution < -0.4 is 4.74 Å². The monoisotopic (exact) mass is 442 g/mol. The summed E-state index contributed by atoms with van der Waals surface area (Å²) in [6.07, 6.45) is 2.84. The summed E-state index contributed by atoms with van der Waals surface area (Å²) >= 11 is 0. The average Bonchev–Trinajstić information content (AvgIpc) is 2.77. The second-order valence-electron chi connectivity index (χ2n) is 8.11. The maximum absolute atomic E-state index is 10.2. The number of hydrogen-bond acceptors (Lipinski definition) is 5. The van der Waals surface area contributed by atoms with Crippen LogP contribution in [0.4, 0.5) is 0 Å². The Morgan fingerprint density at radius 1 is 0.424 bits per heavy atom. The highest BCUT2D eigenvalue weighted by Gasteiger charge is 2.07. The molecule has 33 heavy (non-hydrogen) atoms. The highest BCUT2D eigenvalue weighted by atomic mass is 16.5. The molecular weight excluding hydrogens is 416 g/mol. The first kappa shape index (κ1) is 22.1. The third kappa shape index (κ3) is 6.43. The van der Waals surface area contributed by atoms with Crippen LogP contribution in [0.1, 0.15) is 22.3 Å². The van der Waals surface area contributed by atoms with Gasteiger partial charge < -0.3 is 25.2 Å². The van der Waals surface area contributed by atoms with Gasteiger partial charge in [0.15, 0.2) is 0 Å². The van der Waals surface area contributed by atoms with E-state index in [1.807, 2.05) is 36.4 Å². The van der Waals surface area contributed by atoms with Crippen molar-refractivity contribution < 1.29 is 25.2 Å². The molecule has 4 aromatic carbocycles. The third-order valence-electron chi connectivity index (χ3n) is 5.39. The number of phenolic OH excluding ortho intramolecular Hbond substituents is 4. The zero-order valence-electron chi connectivity index (χ0n) is 18.1. The second kappa shape index (κ2) is 10.0. The van der Waals surface area contributed by atoms with Gasteiger partial charge in [0, 0.05) is 12.1 Å². The van der Waals surface area contributed by atoms with Crippen LogP contribution in [0.5, 0.6) is 34.5 Å². The minimum absolute atomic E-state index is 0.103. The van der Waals surface area contributed by atoms with Gasteiger partial charge in [0.2, 0.25) is 0 Å². The summed E-state index contributed by atoms with van der Waals surface area (Å²) in [4.78, 5) is 0. The zero-order chi connectivity index (χ0) is 23.2. The molecule has 0 heterocycles. The highest BCUT2D eigenvalue weighted by molar-refractivity contribution is 5.44. The normalized spacial score (nSPS) is 10.8. The Morgan fingerprint density at radius 2 is 0.939 bits per heavy atom. The first-order valence-corrected chi connectivity index (χ1v) is 10.8. The van der Waals surface area contributed by atoms with Crippen molar-refractivity contribution in [1.82, 2.24) is 0 Å². The Kier molecular flexibility index (Phi) is 6.69. The smallest absolute Gasteiger partial charge is 0.131 e. The van der Waals surface area contributed by atoms with Crippen molar-refractivity contribution in [2.24, 2.45) is 0 Å². The molecule has 0 aliphatic rings. The van der Waals surface area contributed by atoms with Gasteiger partial charge in [0.1, 0.15) is 34.5 Å². The number of aromatic hydroxyl groups is 4. The molecule has 0 spiro atoms. The summed E-state index contributed by atoms with van der Waals surface area (Å²) in [7, 11) is 0. The van der Waals surface area contributed by atoms with Crippen molar-refractivity contribution in [3.8, 4) is 34.5 Å². The van der Waals surface area contributed by atoms with Crippen molar-refractivity contribution in [3.05, 3.63) is 107 Å². The van der Waals surface area contributed by atoms with Crippen LogP contribution in [0.15, 0.2) is 84.9 Å². The molecule has 0 fully saturated rings. The predicted octanol–water partition coefficient (Wildman–Crippen LogP) is 5.87. The van der Waals surface area contributed by atoms with Crippen LogP contribution in [-0.2, 0) is 25.7 Å². The molecule has 0 aliphatic heterocycles. The van der Waals surface area contributed by atoms with Gasteiger partial charge in [0.25, 0.3) is 0 Å². The molecule has 0 amide bonds. The minimum atomic E-state index is 0.103. The fraction of sp³-hybridized carbons (Fsp3) is 0.143. The average molecular weight is 443 g/mol. The zero-order valence-corrected chi connectivity index (χ0v) is 18.1. The Morgan fingerprint density at radius 3 is 1.52 bits per heavy atom. The van der Waals surface area contributed by atoms with Gasteiger partial charge >= 0.3 is 0 Å². The maximum atomic E-state index is 10.2. The molecule has 0 saturated carbocycles. The first-order valence-electron chi connectivity index (χ1n) is 10.8. The Bertz CT molecular complexity index is 1230. The van der Waals surface area contributed by atoms with Crippen LogP contribution in [0, 0.1) is 0 Å². The molecule has 5 nitrogen and oxygen atoms in total. The van der Waals surface area contributed by atoms with E-state index >= 15 is 0 Å². The van der Waals surface area contributed by atoms with E-state index in [4.69, 9.17) is 4.74 Å². The minimum Gasteiger partial charge on any atom is -0.508 e. The van der Waals surface area contributed by atoms with Crippen LogP contribution >= 0.6 is 0 Å². The molecule has 0 atom stereocenters. The lowest BCUT2D eigenvalue weighted by molar-refractivity contribution is 0.444. The molecular formula is C28H26O5. The quantitative estimate of drug-likeness (QED) is 0.274. The summed E-state index contributed by atoms with van der Waals surface area (Å²) in [5, 5.41) is 39.4. The molecule has 4 N–H and O–H groups in total. The van der Waals surface area contributed by atoms with Gasteiger partial charge in [0.05, 0.1) is 0 Å². The summed E-state index contributed by atoms with van der Waals surface area (Å²) in [6, 6.07) is 24.4. The van der Waals surface area contributed by atoms with E-state index < -0.39 is 0 Å². The molecule has 0 saturated heterocycles. The van der Waals surface area contributed by atoms with Gasteiger partial charge in [-0.15, -0.1) is 0 Å². The third-order valence-corrected chi connectivity index (χ3v) is 5.39. The van der Waals surface area contributed by atoms with Gasteiger partial charge in [-0.1, -0.05) is 24.3 Å². The first-order chi connectivity index (χ1) is 15.9. The molecule has 4 aromatic rings. The fourth-order valence-corrected chi connectivity index (χ4v) is 3.78. The van der Waals surface area contributed by atoms with Crippen molar-refractivity contribution in [1.29, 1.82) is 0 Å². The molecule has 0 radical (unpaired) electrons. The van der Waals surface area contributed by atoms with E-state index in [0.717, 1.165) is 28.7 Å². The van der Waals surface area contributed by atoms with Crippen LogP contribution in [-0.4, -0.2) is 20.4 Å². The topological polar surface area (TPSA) is 90.2 Å². The molecule has 4 rings (SSSR count). The lowest BCUT2D eigenvalue weighted by atomic mass is 10.0. The molecule has 0 bridgehead atoms. The van der Waals surface area contributed by atoms with Crippen molar-refractivity contribution in [2.75, 3.05) is 0 Å². The van der Waals surface area contributed by atoms with Crippen molar-refractivity contribution in [3.63, 3.8) is 0 Å². The number of hydrogen-bond donors (Lipinski definition) is 4. The van der Waals surface area contributed by atoms with Gasteiger partial charge in [-0.2, -0.15) is 0 Å². The number of ether oxygens (including phenoxy) is 1. The SMILES string of the molecule is Oc1ccc(CCc2cc(O)cc(Oc3cc(O)cc(CCc4cccc(O)c4)c3)c2)cc1. The van der Waals surface area contributed by atoms with E-state index in [-0.39, 0.29) is 23.0 Å². The molecule has 168 valence electrons. The van der Waals surface area contributed by atoms with E-state index in [9.17, 15) is 20.4 Å². The Balaban J connectivity index is 1.44. The maximum Gasteiger partial charge on any atom is 0.131 e. The summed E-state index contributed by atoms with van der Waals surface area (Å²) in [5.41, 5.74) is 3.92. The van der Waals surface area contributed by atoms with Gasteiger partial charge in [-0.3, -0.25) is 0 Å². The molecule has 5 heteroatoms. The van der Waals surface area contributed by atoms with E-state index in [1.54, 1.807) is 42.5 Å².